The van der Waals surface area contributed by atoms with Gasteiger partial charge in [0.15, 0.2) is 0 Å². The van der Waals surface area contributed by atoms with Crippen LogP contribution < -0.4 is 4.74 Å². The van der Waals surface area contributed by atoms with Gasteiger partial charge in [0.1, 0.15) is 5.75 Å². The van der Waals surface area contributed by atoms with Gasteiger partial charge in [0.2, 0.25) is 5.91 Å². The number of carbonyl (C=O) groups is 1. The lowest BCUT2D eigenvalue weighted by atomic mass is 9.93. The van der Waals surface area contributed by atoms with Gasteiger partial charge in [0, 0.05) is 12.5 Å². The highest BCUT2D eigenvalue weighted by molar-refractivity contribution is 5.79. The van der Waals surface area contributed by atoms with Crippen molar-refractivity contribution in [1.29, 1.82) is 0 Å². The van der Waals surface area contributed by atoms with Crippen molar-refractivity contribution in [3.05, 3.63) is 29.8 Å². The number of benzene rings is 1. The molecule has 126 valence electrons. The maximum atomic E-state index is 12.8. The van der Waals surface area contributed by atoms with Crippen LogP contribution in [0.2, 0.25) is 0 Å². The lowest BCUT2D eigenvalue weighted by Gasteiger charge is -2.40. The van der Waals surface area contributed by atoms with Crippen molar-refractivity contribution < 1.29 is 19.4 Å². The van der Waals surface area contributed by atoms with Crippen LogP contribution in [0.25, 0.3) is 0 Å². The van der Waals surface area contributed by atoms with E-state index in [1.807, 2.05) is 29.2 Å². The smallest absolute Gasteiger partial charge is 0.227 e. The fraction of sp³-hybridized carbons (Fsp3) is 0.611. The molecule has 5 nitrogen and oxygen atoms in total. The standard InChI is InChI=1S/C18H25NO4/c1-22-14-7-5-13(6-8-14)11-18(21)19-9-10-23-12-16(19)15-3-2-4-17(15)20/h5-8,15-17,20H,2-4,9-12H2,1H3/t15-,16-,17+/m1/s1. The highest BCUT2D eigenvalue weighted by atomic mass is 16.5. The Kier molecular flexibility index (Phi) is 5.18. The summed E-state index contributed by atoms with van der Waals surface area (Å²) in [5.41, 5.74) is 0.980. The van der Waals surface area contributed by atoms with Gasteiger partial charge in [-0.2, -0.15) is 0 Å². The minimum atomic E-state index is -0.307. The van der Waals surface area contributed by atoms with E-state index in [0.29, 0.717) is 26.2 Å². The highest BCUT2D eigenvalue weighted by Gasteiger charge is 2.39. The summed E-state index contributed by atoms with van der Waals surface area (Å²) in [4.78, 5) is 14.7. The molecule has 2 fully saturated rings. The average molecular weight is 319 g/mol. The zero-order valence-corrected chi connectivity index (χ0v) is 13.6. The zero-order chi connectivity index (χ0) is 16.2. The van der Waals surface area contributed by atoms with Gasteiger partial charge in [-0.05, 0) is 30.5 Å². The molecule has 1 N–H and O–H groups in total. The van der Waals surface area contributed by atoms with Gasteiger partial charge in [-0.25, -0.2) is 0 Å². The third-order valence-electron chi connectivity index (χ3n) is 5.03. The van der Waals surface area contributed by atoms with E-state index >= 15 is 0 Å². The Balaban J connectivity index is 1.68. The lowest BCUT2D eigenvalue weighted by Crippen LogP contribution is -2.54. The number of rotatable bonds is 4. The van der Waals surface area contributed by atoms with Crippen LogP contribution in [0.4, 0.5) is 0 Å². The molecule has 3 rings (SSSR count). The number of amides is 1. The Morgan fingerprint density at radius 1 is 1.35 bits per heavy atom. The molecule has 23 heavy (non-hydrogen) atoms. The number of hydrogen-bond donors (Lipinski definition) is 1. The molecule has 3 atom stereocenters. The first-order valence-electron chi connectivity index (χ1n) is 8.37. The van der Waals surface area contributed by atoms with Crippen molar-refractivity contribution in [2.24, 2.45) is 5.92 Å². The molecule has 2 aliphatic rings. The molecule has 0 radical (unpaired) electrons. The average Bonchev–Trinajstić information content (AvgIpc) is 3.01. The molecule has 1 heterocycles. The summed E-state index contributed by atoms with van der Waals surface area (Å²) in [6.45, 7) is 1.73. The topological polar surface area (TPSA) is 59.0 Å². The summed E-state index contributed by atoms with van der Waals surface area (Å²) in [7, 11) is 1.63. The Bertz CT molecular complexity index is 530. The third-order valence-corrected chi connectivity index (χ3v) is 5.03. The number of nitrogens with zero attached hydrogens (tertiary/aromatic N) is 1. The number of aliphatic hydroxyl groups is 1. The summed E-state index contributed by atoms with van der Waals surface area (Å²) in [5.74, 6) is 1.05. The summed E-state index contributed by atoms with van der Waals surface area (Å²) in [5, 5.41) is 10.2. The first kappa shape index (κ1) is 16.3. The van der Waals surface area contributed by atoms with Crippen molar-refractivity contribution in [1.82, 2.24) is 4.90 Å². The van der Waals surface area contributed by atoms with Crippen molar-refractivity contribution in [2.45, 2.75) is 37.8 Å². The van der Waals surface area contributed by atoms with Gasteiger partial charge in [-0.1, -0.05) is 18.6 Å². The van der Waals surface area contributed by atoms with Crippen LogP contribution in [-0.4, -0.2) is 54.9 Å². The predicted octanol–water partition coefficient (Wildman–Crippen LogP) is 1.63. The quantitative estimate of drug-likeness (QED) is 0.916. The van der Waals surface area contributed by atoms with E-state index in [-0.39, 0.29) is 24.0 Å². The maximum Gasteiger partial charge on any atom is 0.227 e. The van der Waals surface area contributed by atoms with Gasteiger partial charge in [-0.3, -0.25) is 4.79 Å². The van der Waals surface area contributed by atoms with Crippen LogP contribution in [0.3, 0.4) is 0 Å². The van der Waals surface area contributed by atoms with Gasteiger partial charge >= 0.3 is 0 Å². The van der Waals surface area contributed by atoms with Crippen LogP contribution in [0, 0.1) is 5.92 Å². The van der Waals surface area contributed by atoms with E-state index in [2.05, 4.69) is 0 Å². The molecular formula is C18H25NO4. The summed E-state index contributed by atoms with van der Waals surface area (Å²) in [6.07, 6.45) is 2.91. The van der Waals surface area contributed by atoms with Crippen LogP contribution in [0.1, 0.15) is 24.8 Å². The highest BCUT2D eigenvalue weighted by Crippen LogP contribution is 2.32. The number of morpholine rings is 1. The van der Waals surface area contributed by atoms with Crippen LogP contribution in [-0.2, 0) is 16.0 Å². The Labute approximate surface area is 137 Å². The fourth-order valence-corrected chi connectivity index (χ4v) is 3.72. The Morgan fingerprint density at radius 3 is 2.78 bits per heavy atom. The van der Waals surface area contributed by atoms with Gasteiger partial charge in [-0.15, -0.1) is 0 Å². The van der Waals surface area contributed by atoms with Crippen molar-refractivity contribution in [3.63, 3.8) is 0 Å². The number of aliphatic hydroxyl groups excluding tert-OH is 1. The molecule has 1 saturated heterocycles. The van der Waals surface area contributed by atoms with Crippen molar-refractivity contribution in [2.75, 3.05) is 26.9 Å². The largest absolute Gasteiger partial charge is 0.497 e. The number of methoxy groups -OCH3 is 1. The molecule has 0 bridgehead atoms. The van der Waals surface area contributed by atoms with Gasteiger partial charge in [0.25, 0.3) is 0 Å². The molecule has 1 aromatic rings. The molecule has 0 aromatic heterocycles. The molecular weight excluding hydrogens is 294 g/mol. The predicted molar refractivity (Wildman–Crippen MR) is 86.4 cm³/mol. The van der Waals surface area contributed by atoms with Crippen LogP contribution >= 0.6 is 0 Å². The number of hydrogen-bond acceptors (Lipinski definition) is 4. The van der Waals surface area contributed by atoms with Crippen LogP contribution in [0.5, 0.6) is 5.75 Å². The molecule has 1 aliphatic carbocycles. The molecule has 1 aromatic carbocycles. The molecule has 0 spiro atoms. The maximum absolute atomic E-state index is 12.8. The second-order valence-electron chi connectivity index (χ2n) is 6.42. The lowest BCUT2D eigenvalue weighted by molar-refractivity contribution is -0.143. The van der Waals surface area contributed by atoms with Crippen molar-refractivity contribution in [3.8, 4) is 5.75 Å². The number of carbonyl (C=O) groups excluding carboxylic acids is 1. The van der Waals surface area contributed by atoms with Crippen molar-refractivity contribution >= 4 is 5.91 Å². The number of ether oxygens (including phenoxy) is 2. The summed E-state index contributed by atoms with van der Waals surface area (Å²) in [6, 6.07) is 7.61. The van der Waals surface area contributed by atoms with E-state index in [1.165, 1.54) is 0 Å². The second-order valence-corrected chi connectivity index (χ2v) is 6.42. The molecule has 1 amide bonds. The van der Waals surface area contributed by atoms with Gasteiger partial charge in [0.05, 0.1) is 38.9 Å². The Morgan fingerprint density at radius 2 is 2.13 bits per heavy atom. The Hall–Kier alpha value is -1.59. The normalized spacial score (nSPS) is 27.9. The third kappa shape index (κ3) is 3.67. The van der Waals surface area contributed by atoms with E-state index < -0.39 is 0 Å². The SMILES string of the molecule is COc1ccc(CC(=O)N2CCOC[C@@H]2[C@H]2CCC[C@@H]2O)cc1. The van der Waals surface area contributed by atoms with E-state index in [4.69, 9.17) is 9.47 Å². The summed E-state index contributed by atoms with van der Waals surface area (Å²) < 4.78 is 10.7. The first-order valence-corrected chi connectivity index (χ1v) is 8.37. The first-order chi connectivity index (χ1) is 11.2. The van der Waals surface area contributed by atoms with E-state index in [9.17, 15) is 9.90 Å². The second kappa shape index (κ2) is 7.32. The van der Waals surface area contributed by atoms with Crippen LogP contribution in [0.15, 0.2) is 24.3 Å². The minimum Gasteiger partial charge on any atom is -0.497 e. The minimum absolute atomic E-state index is 0.00648. The molecule has 5 heteroatoms. The van der Waals surface area contributed by atoms with E-state index in [1.54, 1.807) is 7.11 Å². The molecule has 0 unspecified atom stereocenters. The zero-order valence-electron chi connectivity index (χ0n) is 13.6. The molecule has 1 aliphatic heterocycles. The van der Waals surface area contributed by atoms with Gasteiger partial charge < -0.3 is 19.5 Å². The molecule has 1 saturated carbocycles. The van der Waals surface area contributed by atoms with E-state index in [0.717, 1.165) is 30.6 Å². The monoisotopic (exact) mass is 319 g/mol. The summed E-state index contributed by atoms with van der Waals surface area (Å²) >= 11 is 0. The fourth-order valence-electron chi connectivity index (χ4n) is 3.72.